The number of ether oxygens (including phenoxy) is 9. The third-order valence-corrected chi connectivity index (χ3v) is 12.9. The number of hydrogen-bond donors (Lipinski definition) is 8. The van der Waals surface area contributed by atoms with Crippen LogP contribution in [-0.4, -0.2) is 210 Å². The molecule has 5 heterocycles. The molecule has 0 radical (unpaired) electrons. The number of nitrogens with one attached hydrogen (secondary N) is 7. The quantitative estimate of drug-likeness (QED) is 0.0200. The number of amides is 7. The average molecular weight is 1270 g/mol. The highest BCUT2D eigenvalue weighted by Gasteiger charge is 2.28. The zero-order chi connectivity index (χ0) is 65.5. The second kappa shape index (κ2) is 37.2. The normalized spacial score (nSPS) is 11.3. The van der Waals surface area contributed by atoms with Gasteiger partial charge in [-0.1, -0.05) is 0 Å². The highest BCUT2D eigenvalue weighted by Crippen LogP contribution is 2.20. The average Bonchev–Trinajstić information content (AvgIpc) is 1.86. The van der Waals surface area contributed by atoms with Gasteiger partial charge in [-0.3, -0.25) is 33.6 Å². The number of nitrogen functional groups attached to an aromatic ring is 1. The molecular weight excluding hydrogens is 1190 g/mol. The Bertz CT molecular complexity index is 3290. The summed E-state index contributed by atoms with van der Waals surface area (Å²) in [5.41, 5.74) is 6.37. The Morgan fingerprint density at radius 3 is 1.37 bits per heavy atom. The van der Waals surface area contributed by atoms with Crippen molar-refractivity contribution in [2.24, 2.45) is 35.2 Å². The lowest BCUT2D eigenvalue weighted by atomic mass is 10.00. The van der Waals surface area contributed by atoms with Gasteiger partial charge in [0.25, 0.3) is 29.5 Å². The molecule has 32 heteroatoms. The lowest BCUT2D eigenvalue weighted by Crippen LogP contribution is -2.46. The van der Waals surface area contributed by atoms with Crippen molar-refractivity contribution in [3.63, 3.8) is 0 Å². The molecule has 0 aliphatic carbocycles. The van der Waals surface area contributed by atoms with E-state index in [9.17, 15) is 33.6 Å². The summed E-state index contributed by atoms with van der Waals surface area (Å²) < 4.78 is 57.2. The molecule has 9 N–H and O–H groups in total. The maximum absolute atomic E-state index is 13.5. The summed E-state index contributed by atoms with van der Waals surface area (Å²) in [6.45, 7) is 10.5. The third kappa shape index (κ3) is 25.1. The zero-order valence-corrected chi connectivity index (χ0v) is 52.5. The highest BCUT2D eigenvalue weighted by atomic mass is 16.6. The number of rotatable bonds is 43. The van der Waals surface area contributed by atoms with Crippen molar-refractivity contribution in [3.05, 3.63) is 102 Å². The smallest absolute Gasteiger partial charge is 0.291 e. The summed E-state index contributed by atoms with van der Waals surface area (Å²) in [7, 11) is 8.12. The number of aryl methyl sites for hydroxylation is 5. The molecule has 496 valence electrons. The predicted molar refractivity (Wildman–Crippen MR) is 332 cm³/mol. The van der Waals surface area contributed by atoms with Gasteiger partial charge in [0.05, 0.1) is 117 Å². The first-order valence-electron chi connectivity index (χ1n) is 29.3. The number of nitrogens with two attached hydrogens (primary N) is 1. The summed E-state index contributed by atoms with van der Waals surface area (Å²) in [5, 5.41) is 19.0. The number of anilines is 5. The Morgan fingerprint density at radius 2 is 0.890 bits per heavy atom. The lowest BCUT2D eigenvalue weighted by molar-refractivity contribution is -0.117. The van der Waals surface area contributed by atoms with Gasteiger partial charge in [-0.15, -0.1) is 0 Å². The van der Waals surface area contributed by atoms with Crippen molar-refractivity contribution >= 4 is 70.0 Å². The highest BCUT2D eigenvalue weighted by molar-refractivity contribution is 6.05. The molecule has 0 saturated heterocycles. The van der Waals surface area contributed by atoms with Crippen LogP contribution < -0.4 is 47.7 Å². The van der Waals surface area contributed by atoms with E-state index in [2.05, 4.69) is 52.2 Å². The number of nitrogens with zero attached hydrogens (tertiary/aromatic N) is 8. The minimum Gasteiger partial charge on any atom is -0.491 e. The van der Waals surface area contributed by atoms with Gasteiger partial charge in [0.1, 0.15) is 23.7 Å². The number of aromatic nitrogens is 8. The van der Waals surface area contributed by atoms with Gasteiger partial charge in [-0.05, 0) is 50.2 Å². The zero-order valence-electron chi connectivity index (χ0n) is 52.5. The monoisotopic (exact) mass is 1270 g/mol. The maximum atomic E-state index is 13.5. The van der Waals surface area contributed by atoms with Crippen LogP contribution in [0.4, 0.5) is 28.7 Å². The van der Waals surface area contributed by atoms with Gasteiger partial charge in [0.15, 0.2) is 17.5 Å². The largest absolute Gasteiger partial charge is 0.491 e. The number of carbonyl (C=O) groups is 7. The van der Waals surface area contributed by atoms with Crippen LogP contribution in [0, 0.1) is 0 Å². The van der Waals surface area contributed by atoms with E-state index in [0.29, 0.717) is 117 Å². The summed E-state index contributed by atoms with van der Waals surface area (Å²) in [4.78, 5) is 104. The SMILES string of the molecule is Cn1cc(NC(=O)c2nccn2C)cc1C(=O)NCCC(=O)Nc1cn(C)c(C(=O)Nc2cc(C(=O)NC(C)(C)CC(=O)Nc3cn(C)c(C(=O)NCCOCCOCCOCCOCCOCCOCCOCCOCCOc4ccc(N)cc4)n3)n(C)c2)n1. The van der Waals surface area contributed by atoms with Crippen molar-refractivity contribution in [2.45, 2.75) is 32.2 Å². The standard InChI is InChI=1S/C59H84N16O16/c1-59(2,70-55(79)46-35-43(38-73(46)5)65-58(82)53-69-47(39-75(53)7)66-49(76)12-13-62-54(78)45-34-42(37-72(45)4)64-57(81)51-61-14-16-71(51)3)36-50(77)67-48-40-74(6)52(68-48)56(80)63-15-17-83-18-19-84-20-21-85-22-23-86-24-25-87-26-27-88-28-29-89-30-31-90-32-33-91-44-10-8-41(60)9-11-44/h8-11,14,16,34-35,37-40H,12-13,15,17-33,36,60H2,1-7H3,(H,62,78)(H,63,80)(H,64,81)(H,65,82)(H,66,76)(H,67,77)(H,70,79). The van der Waals surface area contributed by atoms with E-state index in [1.165, 1.54) is 55.2 Å². The van der Waals surface area contributed by atoms with Crippen molar-refractivity contribution in [1.29, 1.82) is 0 Å². The van der Waals surface area contributed by atoms with Gasteiger partial charge in [-0.25, -0.2) is 15.0 Å². The van der Waals surface area contributed by atoms with E-state index in [-0.39, 0.29) is 78.7 Å². The molecule has 5 aromatic heterocycles. The Balaban J connectivity index is 0.748. The first-order valence-corrected chi connectivity index (χ1v) is 29.3. The fourth-order valence-corrected chi connectivity index (χ4v) is 8.48. The topological polar surface area (TPSA) is 376 Å². The van der Waals surface area contributed by atoms with E-state index in [1.54, 1.807) is 78.2 Å². The van der Waals surface area contributed by atoms with E-state index < -0.39 is 46.9 Å². The van der Waals surface area contributed by atoms with Crippen molar-refractivity contribution in [2.75, 3.05) is 152 Å². The van der Waals surface area contributed by atoms with Gasteiger partial charge >= 0.3 is 0 Å². The minimum atomic E-state index is -1.06. The van der Waals surface area contributed by atoms with Crippen LogP contribution in [0.25, 0.3) is 0 Å². The maximum Gasteiger partial charge on any atom is 0.291 e. The first kappa shape index (κ1) is 71.1. The fourth-order valence-electron chi connectivity index (χ4n) is 8.48. The molecule has 6 aromatic rings. The number of hydrogen-bond acceptors (Lipinski definition) is 20. The molecule has 0 spiro atoms. The van der Waals surface area contributed by atoms with Crippen LogP contribution >= 0.6 is 0 Å². The second-order valence-corrected chi connectivity index (χ2v) is 21.0. The van der Waals surface area contributed by atoms with Gasteiger partial charge < -0.3 is 108 Å². The number of imidazole rings is 3. The van der Waals surface area contributed by atoms with Crippen LogP contribution in [0.15, 0.2) is 73.6 Å². The van der Waals surface area contributed by atoms with Crippen LogP contribution in [0.5, 0.6) is 5.75 Å². The van der Waals surface area contributed by atoms with Crippen LogP contribution in [-0.2, 0) is 82.7 Å². The van der Waals surface area contributed by atoms with Crippen molar-refractivity contribution < 1.29 is 76.2 Å². The summed E-state index contributed by atoms with van der Waals surface area (Å²) >= 11 is 0. The molecule has 0 bridgehead atoms. The molecule has 7 amide bonds. The van der Waals surface area contributed by atoms with Crippen LogP contribution in [0.1, 0.15) is 79.5 Å². The number of benzene rings is 1. The van der Waals surface area contributed by atoms with Crippen molar-refractivity contribution in [3.8, 4) is 5.75 Å². The van der Waals surface area contributed by atoms with E-state index in [4.69, 9.17) is 48.4 Å². The molecule has 0 atom stereocenters. The van der Waals surface area contributed by atoms with Gasteiger partial charge in [0, 0.05) is 110 Å². The molecule has 0 saturated carbocycles. The fraction of sp³-hybridized carbons (Fsp3) is 0.492. The molecular formula is C59H84N16O16. The van der Waals surface area contributed by atoms with Crippen LogP contribution in [0.2, 0.25) is 0 Å². The van der Waals surface area contributed by atoms with Gasteiger partial charge in [0.2, 0.25) is 23.5 Å². The third-order valence-electron chi connectivity index (χ3n) is 12.9. The summed E-state index contributed by atoms with van der Waals surface area (Å²) in [6, 6.07) is 10.2. The predicted octanol–water partition coefficient (Wildman–Crippen LogP) is 1.89. The molecule has 1 aromatic carbocycles. The molecule has 91 heavy (non-hydrogen) atoms. The second-order valence-electron chi connectivity index (χ2n) is 21.0. The van der Waals surface area contributed by atoms with Crippen molar-refractivity contribution in [1.82, 2.24) is 53.7 Å². The molecule has 0 aliphatic heterocycles. The van der Waals surface area contributed by atoms with Crippen LogP contribution in [0.3, 0.4) is 0 Å². The lowest BCUT2D eigenvalue weighted by Gasteiger charge is -2.25. The van der Waals surface area contributed by atoms with E-state index >= 15 is 0 Å². The molecule has 0 unspecified atom stereocenters. The molecule has 0 aliphatic rings. The minimum absolute atomic E-state index is 0.0234. The first-order chi connectivity index (χ1) is 43.7. The molecule has 6 rings (SSSR count). The Labute approximate surface area is 526 Å². The van der Waals surface area contributed by atoms with E-state index in [0.717, 1.165) is 5.75 Å². The Kier molecular flexibility index (Phi) is 29.1. The molecule has 32 nitrogen and oxygen atoms in total. The summed E-state index contributed by atoms with van der Waals surface area (Å²) in [5.74, 6) is -2.32. The Hall–Kier alpha value is -9.02. The molecule has 0 fully saturated rings. The summed E-state index contributed by atoms with van der Waals surface area (Å²) in [6.07, 6.45) is 8.90. The Morgan fingerprint density at radius 1 is 0.462 bits per heavy atom. The number of carbonyl (C=O) groups excluding carboxylic acids is 7. The van der Waals surface area contributed by atoms with Gasteiger partial charge in [-0.2, -0.15) is 0 Å². The van der Waals surface area contributed by atoms with E-state index in [1.807, 2.05) is 12.1 Å².